The molecule has 2 aromatic rings. The maximum Gasteiger partial charge on any atom is 0.124 e. The fraction of sp³-hybridized carbons (Fsp3) is 0.478. The topological polar surface area (TPSA) is 48.0 Å². The van der Waals surface area contributed by atoms with E-state index in [2.05, 4.69) is 21.2 Å². The molecule has 0 amide bonds. The van der Waals surface area contributed by atoms with Crippen molar-refractivity contribution in [3.8, 4) is 5.75 Å². The maximum atomic E-state index is 9.75. The predicted molar refractivity (Wildman–Crippen MR) is 124 cm³/mol. The number of halogens is 2. The second-order valence-corrected chi connectivity index (χ2v) is 8.76. The highest BCUT2D eigenvalue weighted by molar-refractivity contribution is 6.43. The van der Waals surface area contributed by atoms with Gasteiger partial charge in [0.2, 0.25) is 0 Å². The van der Waals surface area contributed by atoms with Gasteiger partial charge in [0.05, 0.1) is 22.3 Å². The Morgan fingerprint density at radius 2 is 1.90 bits per heavy atom. The Bertz CT molecular complexity index is 856. The van der Waals surface area contributed by atoms with Crippen LogP contribution in [-0.4, -0.2) is 55.6 Å². The molecule has 5 nitrogen and oxygen atoms in total. The van der Waals surface area contributed by atoms with Crippen molar-refractivity contribution in [1.82, 2.24) is 4.90 Å². The summed E-state index contributed by atoms with van der Waals surface area (Å²) in [6, 6.07) is 11.9. The van der Waals surface area contributed by atoms with E-state index in [1.165, 1.54) is 5.56 Å². The van der Waals surface area contributed by atoms with Gasteiger partial charge in [-0.1, -0.05) is 35.3 Å². The average Bonchev–Trinajstić information content (AvgIpc) is 2.76. The van der Waals surface area contributed by atoms with Crippen LogP contribution in [0.5, 0.6) is 5.75 Å². The van der Waals surface area contributed by atoms with Gasteiger partial charge in [-0.3, -0.25) is 4.90 Å². The third kappa shape index (κ3) is 5.33. The van der Waals surface area contributed by atoms with Crippen molar-refractivity contribution in [2.24, 2.45) is 0 Å². The lowest BCUT2D eigenvalue weighted by molar-refractivity contribution is 0.189. The first kappa shape index (κ1) is 21.6. The van der Waals surface area contributed by atoms with Crippen LogP contribution in [0, 0.1) is 0 Å². The molecule has 2 aliphatic heterocycles. The van der Waals surface area contributed by atoms with E-state index < -0.39 is 6.23 Å². The van der Waals surface area contributed by atoms with Crippen LogP contribution in [0.2, 0.25) is 10.0 Å². The smallest absolute Gasteiger partial charge is 0.124 e. The van der Waals surface area contributed by atoms with E-state index in [1.54, 1.807) is 0 Å². The number of fused-ring (bicyclic) bond motifs is 1. The summed E-state index contributed by atoms with van der Waals surface area (Å²) < 4.78 is 5.92. The fourth-order valence-corrected chi connectivity index (χ4v) is 4.53. The number of hydrogen-bond donors (Lipinski definition) is 2. The first-order valence-corrected chi connectivity index (χ1v) is 11.5. The second kappa shape index (κ2) is 10.1. The Morgan fingerprint density at radius 1 is 1.07 bits per heavy atom. The lowest BCUT2D eigenvalue weighted by Gasteiger charge is -2.36. The molecule has 2 aliphatic rings. The Balaban J connectivity index is 1.15. The van der Waals surface area contributed by atoms with Crippen molar-refractivity contribution in [3.05, 3.63) is 52.0 Å². The van der Waals surface area contributed by atoms with Crippen molar-refractivity contribution >= 4 is 34.6 Å². The molecule has 2 heterocycles. The zero-order valence-electron chi connectivity index (χ0n) is 17.1. The highest BCUT2D eigenvalue weighted by Crippen LogP contribution is 2.33. The Morgan fingerprint density at radius 3 is 2.73 bits per heavy atom. The molecule has 0 spiro atoms. The van der Waals surface area contributed by atoms with Gasteiger partial charge in [0, 0.05) is 37.9 Å². The summed E-state index contributed by atoms with van der Waals surface area (Å²) in [5, 5.41) is 14.1. The number of rotatable bonds is 7. The molecule has 1 atom stereocenters. The van der Waals surface area contributed by atoms with E-state index in [9.17, 15) is 5.11 Å². The number of anilines is 2. The Labute approximate surface area is 188 Å². The minimum absolute atomic E-state index is 0.455. The Hall–Kier alpha value is -1.66. The van der Waals surface area contributed by atoms with Crippen molar-refractivity contribution < 1.29 is 9.84 Å². The molecule has 162 valence electrons. The number of aliphatic hydroxyl groups is 1. The molecule has 30 heavy (non-hydrogen) atoms. The minimum Gasteiger partial charge on any atom is -0.494 e. The molecule has 1 fully saturated rings. The van der Waals surface area contributed by atoms with Crippen LogP contribution >= 0.6 is 23.2 Å². The van der Waals surface area contributed by atoms with E-state index in [1.807, 2.05) is 30.3 Å². The van der Waals surface area contributed by atoms with E-state index in [0.29, 0.717) is 16.7 Å². The number of aryl methyl sites for hydroxylation is 1. The van der Waals surface area contributed by atoms with Crippen molar-refractivity contribution in [3.63, 3.8) is 0 Å². The molecule has 0 radical (unpaired) electrons. The number of nitrogens with one attached hydrogen (secondary N) is 1. The summed E-state index contributed by atoms with van der Waals surface area (Å²) in [7, 11) is 0. The Kier molecular flexibility index (Phi) is 7.26. The standard InChI is InChI=1S/C23H29Cl2N3O2/c24-19-4-3-5-21(23(19)25)28-13-11-27(12-14-28)10-1-2-15-30-18-8-6-17-7-9-22(29)26-20(17)16-18/h3-6,8,16,22,26,29H,1-2,7,9-15H2. The lowest BCUT2D eigenvalue weighted by atomic mass is 10.0. The zero-order chi connectivity index (χ0) is 20.9. The highest BCUT2D eigenvalue weighted by atomic mass is 35.5. The molecule has 2 aromatic carbocycles. The van der Waals surface area contributed by atoms with Gasteiger partial charge in [-0.2, -0.15) is 0 Å². The molecule has 0 aromatic heterocycles. The SMILES string of the molecule is OC1CCc2ccc(OCCCCN3CCN(c4cccc(Cl)c4Cl)CC3)cc2N1. The number of hydrogen-bond acceptors (Lipinski definition) is 5. The van der Waals surface area contributed by atoms with Crippen molar-refractivity contribution in [2.45, 2.75) is 31.9 Å². The zero-order valence-corrected chi connectivity index (χ0v) is 18.6. The molecule has 0 aliphatic carbocycles. The van der Waals surface area contributed by atoms with Gasteiger partial charge in [-0.15, -0.1) is 0 Å². The summed E-state index contributed by atoms with van der Waals surface area (Å²) in [5.41, 5.74) is 3.26. The van der Waals surface area contributed by atoms with Crippen LogP contribution in [0.25, 0.3) is 0 Å². The van der Waals surface area contributed by atoms with Gasteiger partial charge < -0.3 is 20.1 Å². The first-order valence-electron chi connectivity index (χ1n) is 10.7. The van der Waals surface area contributed by atoms with Crippen LogP contribution in [-0.2, 0) is 6.42 Å². The molecule has 1 unspecified atom stereocenters. The third-order valence-corrected chi connectivity index (χ3v) is 6.68. The fourth-order valence-electron chi connectivity index (χ4n) is 4.12. The molecule has 1 saturated heterocycles. The number of unbranched alkanes of at least 4 members (excludes halogenated alkanes) is 1. The third-order valence-electron chi connectivity index (χ3n) is 5.87. The number of piperazine rings is 1. The molecule has 7 heteroatoms. The number of ether oxygens (including phenoxy) is 1. The molecule has 4 rings (SSSR count). The molecular formula is C23H29Cl2N3O2. The largest absolute Gasteiger partial charge is 0.494 e. The lowest BCUT2D eigenvalue weighted by Crippen LogP contribution is -2.46. The second-order valence-electron chi connectivity index (χ2n) is 7.97. The van der Waals surface area contributed by atoms with Crippen LogP contribution in [0.4, 0.5) is 11.4 Å². The predicted octanol–water partition coefficient (Wildman–Crippen LogP) is 4.65. The van der Waals surface area contributed by atoms with Gasteiger partial charge in [-0.25, -0.2) is 0 Å². The number of nitrogens with zero attached hydrogens (tertiary/aromatic N) is 2. The van der Waals surface area contributed by atoms with E-state index in [4.69, 9.17) is 27.9 Å². The first-order chi connectivity index (χ1) is 14.6. The van der Waals surface area contributed by atoms with Gasteiger partial charge in [-0.05, 0) is 56.0 Å². The van der Waals surface area contributed by atoms with Crippen LogP contribution in [0.1, 0.15) is 24.8 Å². The quantitative estimate of drug-likeness (QED) is 0.602. The van der Waals surface area contributed by atoms with E-state index in [0.717, 1.165) is 75.5 Å². The summed E-state index contributed by atoms with van der Waals surface area (Å²) in [6.45, 7) is 5.78. The molecular weight excluding hydrogens is 421 g/mol. The van der Waals surface area contributed by atoms with Crippen LogP contribution < -0.4 is 15.0 Å². The van der Waals surface area contributed by atoms with Crippen LogP contribution in [0.3, 0.4) is 0 Å². The maximum absolute atomic E-state index is 9.75. The van der Waals surface area contributed by atoms with Crippen molar-refractivity contribution in [2.75, 3.05) is 49.5 Å². The van der Waals surface area contributed by atoms with Crippen LogP contribution in [0.15, 0.2) is 36.4 Å². The highest BCUT2D eigenvalue weighted by Gasteiger charge is 2.19. The molecule has 0 bridgehead atoms. The molecule has 0 saturated carbocycles. The van der Waals surface area contributed by atoms with Crippen molar-refractivity contribution in [1.29, 1.82) is 0 Å². The molecule has 2 N–H and O–H groups in total. The van der Waals surface area contributed by atoms with Gasteiger partial charge in [0.15, 0.2) is 0 Å². The van der Waals surface area contributed by atoms with E-state index in [-0.39, 0.29) is 0 Å². The van der Waals surface area contributed by atoms with E-state index >= 15 is 0 Å². The minimum atomic E-state index is -0.455. The summed E-state index contributed by atoms with van der Waals surface area (Å²) >= 11 is 12.5. The summed E-state index contributed by atoms with van der Waals surface area (Å²) in [5.74, 6) is 0.863. The number of aliphatic hydroxyl groups excluding tert-OH is 1. The van der Waals surface area contributed by atoms with Gasteiger partial charge in [0.25, 0.3) is 0 Å². The average molecular weight is 450 g/mol. The van der Waals surface area contributed by atoms with Gasteiger partial charge >= 0.3 is 0 Å². The monoisotopic (exact) mass is 449 g/mol. The summed E-state index contributed by atoms with van der Waals surface area (Å²) in [6.07, 6.45) is 3.34. The summed E-state index contributed by atoms with van der Waals surface area (Å²) in [4.78, 5) is 4.81. The van der Waals surface area contributed by atoms with Gasteiger partial charge in [0.1, 0.15) is 12.0 Å². The number of benzene rings is 2. The normalized spacial score (nSPS) is 19.3.